The van der Waals surface area contributed by atoms with Crippen molar-refractivity contribution in [3.63, 3.8) is 0 Å². The zero-order chi connectivity index (χ0) is 21.2. The summed E-state index contributed by atoms with van der Waals surface area (Å²) >= 11 is 0. The first-order valence-electron chi connectivity index (χ1n) is 8.22. The molecular weight excluding hydrogens is 418 g/mol. The number of nitrogens with one attached hydrogen (secondary N) is 2. The molecule has 0 aliphatic carbocycles. The van der Waals surface area contributed by atoms with Crippen LogP contribution in [0, 0.1) is 6.92 Å². The fraction of sp³-hybridized carbons (Fsp3) is 0.118. The summed E-state index contributed by atoms with van der Waals surface area (Å²) in [4.78, 5) is 14.9. The maximum Gasteiger partial charge on any atom is 0.265 e. The van der Waals surface area contributed by atoms with Crippen molar-refractivity contribution in [2.24, 2.45) is 0 Å². The van der Waals surface area contributed by atoms with Gasteiger partial charge in [-0.25, -0.2) is 31.2 Å². The van der Waals surface area contributed by atoms with Crippen molar-refractivity contribution in [1.29, 1.82) is 0 Å². The van der Waals surface area contributed by atoms with Crippen molar-refractivity contribution in [3.8, 4) is 5.82 Å². The van der Waals surface area contributed by atoms with Crippen LogP contribution in [0.25, 0.3) is 5.82 Å². The van der Waals surface area contributed by atoms with E-state index in [9.17, 15) is 21.6 Å². The molecule has 0 unspecified atom stereocenters. The van der Waals surface area contributed by atoms with E-state index in [4.69, 9.17) is 0 Å². The third kappa shape index (κ3) is 4.43. The summed E-state index contributed by atoms with van der Waals surface area (Å²) in [6, 6.07) is 10.1. The van der Waals surface area contributed by atoms with Crippen LogP contribution >= 0.6 is 0 Å². The van der Waals surface area contributed by atoms with Gasteiger partial charge < -0.3 is 0 Å². The first-order chi connectivity index (χ1) is 13.6. The van der Waals surface area contributed by atoms with Crippen molar-refractivity contribution in [3.05, 3.63) is 60.6 Å². The molecule has 2 aromatic heterocycles. The second-order valence-corrected chi connectivity index (χ2v) is 9.32. The lowest BCUT2D eigenvalue weighted by atomic mass is 10.3. The Balaban J connectivity index is 1.85. The van der Waals surface area contributed by atoms with Crippen molar-refractivity contribution in [2.45, 2.75) is 23.6 Å². The van der Waals surface area contributed by atoms with Crippen LogP contribution in [-0.2, 0) is 24.8 Å². The van der Waals surface area contributed by atoms with Gasteiger partial charge in [0.15, 0.2) is 5.82 Å². The summed E-state index contributed by atoms with van der Waals surface area (Å²) < 4.78 is 55.0. The summed E-state index contributed by atoms with van der Waals surface area (Å²) in [6.45, 7) is 2.67. The van der Waals surface area contributed by atoms with Gasteiger partial charge in [-0.3, -0.25) is 9.52 Å². The van der Waals surface area contributed by atoms with E-state index in [1.165, 1.54) is 35.1 Å². The summed E-state index contributed by atoms with van der Waals surface area (Å²) in [5.41, 5.74) is 0.512. The molecule has 152 valence electrons. The predicted molar refractivity (Wildman–Crippen MR) is 104 cm³/mol. The van der Waals surface area contributed by atoms with E-state index in [0.717, 1.165) is 6.92 Å². The molecule has 10 nitrogen and oxygen atoms in total. The molecule has 0 atom stereocenters. The molecular formula is C17H17N5O5S2. The van der Waals surface area contributed by atoms with Crippen molar-refractivity contribution >= 4 is 31.6 Å². The van der Waals surface area contributed by atoms with Gasteiger partial charge in [0.05, 0.1) is 16.8 Å². The molecule has 2 N–H and O–H groups in total. The second-order valence-electron chi connectivity index (χ2n) is 5.99. The van der Waals surface area contributed by atoms with Crippen LogP contribution in [0.2, 0.25) is 0 Å². The van der Waals surface area contributed by atoms with Crippen molar-refractivity contribution in [2.75, 3.05) is 4.72 Å². The van der Waals surface area contributed by atoms with Crippen LogP contribution < -0.4 is 9.44 Å². The van der Waals surface area contributed by atoms with E-state index in [1.807, 2.05) is 4.72 Å². The summed E-state index contributed by atoms with van der Waals surface area (Å²) in [7, 11) is -7.98. The number of hydrogen-bond donors (Lipinski definition) is 2. The molecule has 12 heteroatoms. The molecule has 0 spiro atoms. The van der Waals surface area contributed by atoms with E-state index in [-0.39, 0.29) is 15.5 Å². The fourth-order valence-electron chi connectivity index (χ4n) is 2.53. The maximum absolute atomic E-state index is 12.7. The third-order valence-corrected chi connectivity index (χ3v) is 6.75. The highest BCUT2D eigenvalue weighted by atomic mass is 32.2. The number of anilines is 1. The number of amides is 1. The average molecular weight is 435 g/mol. The maximum atomic E-state index is 12.7. The number of aromatic nitrogens is 3. The predicted octanol–water partition coefficient (Wildman–Crippen LogP) is 1.20. The highest BCUT2D eigenvalue weighted by Crippen LogP contribution is 2.22. The van der Waals surface area contributed by atoms with Crippen LogP contribution in [0.15, 0.2) is 64.6 Å². The van der Waals surface area contributed by atoms with Gasteiger partial charge in [-0.05, 0) is 43.3 Å². The van der Waals surface area contributed by atoms with Gasteiger partial charge in [0.1, 0.15) is 4.90 Å². The molecule has 3 aromatic rings. The van der Waals surface area contributed by atoms with Gasteiger partial charge in [0, 0.05) is 18.8 Å². The lowest BCUT2D eigenvalue weighted by Crippen LogP contribution is -2.28. The standard InChI is InChI=1S/C17H17N5O5S2/c1-12-16(11-19-22(12)17-5-3-4-10-18-17)29(26,27)21-14-6-8-15(9-7-14)28(24,25)20-13(2)23/h3-11,21H,1-2H3,(H,20,23). The largest absolute Gasteiger partial charge is 0.280 e. The Hall–Kier alpha value is -3.25. The summed E-state index contributed by atoms with van der Waals surface area (Å²) in [6.07, 6.45) is 2.78. The molecule has 0 saturated heterocycles. The van der Waals surface area contributed by atoms with Gasteiger partial charge in [0.2, 0.25) is 5.91 Å². The lowest BCUT2D eigenvalue weighted by Gasteiger charge is -2.09. The molecule has 3 rings (SSSR count). The Morgan fingerprint density at radius 2 is 1.69 bits per heavy atom. The van der Waals surface area contributed by atoms with Crippen LogP contribution in [0.1, 0.15) is 12.6 Å². The molecule has 2 heterocycles. The summed E-state index contributed by atoms with van der Waals surface area (Å²) in [5, 5.41) is 4.08. The van der Waals surface area contributed by atoms with Crippen molar-refractivity contribution < 1.29 is 21.6 Å². The molecule has 0 saturated carbocycles. The minimum Gasteiger partial charge on any atom is -0.280 e. The molecule has 0 aliphatic rings. The summed E-state index contributed by atoms with van der Waals surface area (Å²) in [5.74, 6) is -0.255. The van der Waals surface area contributed by atoms with Gasteiger partial charge in [-0.15, -0.1) is 0 Å². The minimum atomic E-state index is -4.00. The number of carbonyl (C=O) groups is 1. The van der Waals surface area contributed by atoms with E-state index >= 15 is 0 Å². The quantitative estimate of drug-likeness (QED) is 0.593. The molecule has 29 heavy (non-hydrogen) atoms. The van der Waals surface area contributed by atoms with Crippen LogP contribution in [0.4, 0.5) is 5.69 Å². The lowest BCUT2D eigenvalue weighted by molar-refractivity contribution is -0.117. The smallest absolute Gasteiger partial charge is 0.265 e. The number of carbonyl (C=O) groups excluding carboxylic acids is 1. The fourth-order valence-corrected chi connectivity index (χ4v) is 4.74. The Morgan fingerprint density at radius 3 is 2.28 bits per heavy atom. The third-order valence-electron chi connectivity index (χ3n) is 3.82. The Morgan fingerprint density at radius 1 is 1.00 bits per heavy atom. The molecule has 1 aromatic carbocycles. The Labute approximate surface area is 167 Å². The molecule has 1 amide bonds. The molecule has 0 bridgehead atoms. The number of benzene rings is 1. The number of hydrogen-bond acceptors (Lipinski definition) is 7. The SMILES string of the molecule is CC(=O)NS(=O)(=O)c1ccc(NS(=O)(=O)c2cnn(-c3ccccn3)c2C)cc1. The minimum absolute atomic E-state index is 0.0434. The van der Waals surface area contributed by atoms with Crippen LogP contribution in [0.3, 0.4) is 0 Å². The van der Waals surface area contributed by atoms with Crippen LogP contribution in [-0.4, -0.2) is 37.5 Å². The van der Waals surface area contributed by atoms with Gasteiger partial charge in [-0.1, -0.05) is 6.07 Å². The molecule has 0 radical (unpaired) electrons. The first kappa shape index (κ1) is 20.5. The first-order valence-corrected chi connectivity index (χ1v) is 11.2. The molecule has 0 aliphatic heterocycles. The number of nitrogens with zero attached hydrogens (tertiary/aromatic N) is 3. The number of pyridine rings is 1. The Bertz CT molecular complexity index is 1250. The van der Waals surface area contributed by atoms with E-state index in [0.29, 0.717) is 11.5 Å². The molecule has 0 fully saturated rings. The second kappa shape index (κ2) is 7.64. The highest BCUT2D eigenvalue weighted by Gasteiger charge is 2.22. The van der Waals surface area contributed by atoms with Gasteiger partial charge >= 0.3 is 0 Å². The number of rotatable bonds is 6. The van der Waals surface area contributed by atoms with Gasteiger partial charge in [-0.2, -0.15) is 5.10 Å². The van der Waals surface area contributed by atoms with E-state index in [2.05, 4.69) is 14.8 Å². The normalized spacial score (nSPS) is 11.8. The van der Waals surface area contributed by atoms with Crippen LogP contribution in [0.5, 0.6) is 0 Å². The zero-order valence-corrected chi connectivity index (χ0v) is 17.0. The topological polar surface area (TPSA) is 140 Å². The Kier molecular flexibility index (Phi) is 5.40. The number of sulfonamides is 2. The van der Waals surface area contributed by atoms with Gasteiger partial charge in [0.25, 0.3) is 20.0 Å². The zero-order valence-electron chi connectivity index (χ0n) is 15.4. The highest BCUT2D eigenvalue weighted by molar-refractivity contribution is 7.92. The van der Waals surface area contributed by atoms with Crippen molar-refractivity contribution in [1.82, 2.24) is 19.5 Å². The van der Waals surface area contributed by atoms with E-state index in [1.54, 1.807) is 31.3 Å². The van der Waals surface area contributed by atoms with E-state index < -0.39 is 26.0 Å². The monoisotopic (exact) mass is 435 g/mol. The average Bonchev–Trinajstić information content (AvgIpc) is 3.04.